The second-order valence-corrected chi connectivity index (χ2v) is 4.45. The maximum absolute atomic E-state index is 12.1. The van der Waals surface area contributed by atoms with Crippen molar-refractivity contribution in [2.24, 2.45) is 0 Å². The van der Waals surface area contributed by atoms with E-state index in [1.807, 2.05) is 6.07 Å². The van der Waals surface area contributed by atoms with Crippen molar-refractivity contribution in [1.82, 2.24) is 15.0 Å². The summed E-state index contributed by atoms with van der Waals surface area (Å²) in [4.78, 5) is 24.1. The standard InChI is InChI=1S/C14H9ClN4O/c15-10-3-4-11(13-9(10)2-1-5-18-13)19-14(20)12-8-16-6-7-17-12/h1-8H,(H,19,20). The number of amides is 1. The third-order valence-electron chi connectivity index (χ3n) is 2.76. The first-order chi connectivity index (χ1) is 9.75. The summed E-state index contributed by atoms with van der Waals surface area (Å²) in [6.45, 7) is 0. The van der Waals surface area contributed by atoms with Gasteiger partial charge in [-0.2, -0.15) is 0 Å². The smallest absolute Gasteiger partial charge is 0.275 e. The van der Waals surface area contributed by atoms with E-state index in [1.165, 1.54) is 18.6 Å². The highest BCUT2D eigenvalue weighted by molar-refractivity contribution is 6.36. The second kappa shape index (κ2) is 5.22. The molecule has 0 radical (unpaired) electrons. The van der Waals surface area contributed by atoms with Crippen molar-refractivity contribution >= 4 is 34.1 Å². The number of carbonyl (C=O) groups is 1. The molecule has 1 amide bonds. The zero-order valence-electron chi connectivity index (χ0n) is 10.2. The van der Waals surface area contributed by atoms with Crippen LogP contribution >= 0.6 is 11.6 Å². The van der Waals surface area contributed by atoms with Crippen molar-refractivity contribution in [2.75, 3.05) is 5.32 Å². The summed E-state index contributed by atoms with van der Waals surface area (Å²) in [6, 6.07) is 7.08. The summed E-state index contributed by atoms with van der Waals surface area (Å²) in [7, 11) is 0. The highest BCUT2D eigenvalue weighted by Crippen LogP contribution is 2.28. The summed E-state index contributed by atoms with van der Waals surface area (Å²) in [5.74, 6) is -0.340. The molecule has 0 saturated heterocycles. The predicted molar refractivity (Wildman–Crippen MR) is 76.7 cm³/mol. The number of rotatable bonds is 2. The largest absolute Gasteiger partial charge is 0.319 e. The number of hydrogen-bond acceptors (Lipinski definition) is 4. The zero-order valence-corrected chi connectivity index (χ0v) is 11.0. The number of hydrogen-bond donors (Lipinski definition) is 1. The van der Waals surface area contributed by atoms with Gasteiger partial charge in [0, 0.05) is 24.0 Å². The van der Waals surface area contributed by atoms with E-state index in [2.05, 4.69) is 20.3 Å². The van der Waals surface area contributed by atoms with Crippen LogP contribution in [0.4, 0.5) is 5.69 Å². The lowest BCUT2D eigenvalue weighted by Crippen LogP contribution is -2.14. The van der Waals surface area contributed by atoms with Crippen molar-refractivity contribution in [3.05, 3.63) is 59.8 Å². The molecule has 2 heterocycles. The van der Waals surface area contributed by atoms with Gasteiger partial charge < -0.3 is 5.32 Å². The summed E-state index contributed by atoms with van der Waals surface area (Å²) >= 11 is 6.11. The summed E-state index contributed by atoms with van der Waals surface area (Å²) < 4.78 is 0. The van der Waals surface area contributed by atoms with Crippen LogP contribution in [0, 0.1) is 0 Å². The molecule has 0 unspecified atom stereocenters. The van der Waals surface area contributed by atoms with Crippen LogP contribution in [0.2, 0.25) is 5.02 Å². The quantitative estimate of drug-likeness (QED) is 0.785. The van der Waals surface area contributed by atoms with E-state index in [-0.39, 0.29) is 11.6 Å². The average molecular weight is 285 g/mol. The van der Waals surface area contributed by atoms with Crippen LogP contribution in [0.1, 0.15) is 10.5 Å². The minimum absolute atomic E-state index is 0.242. The fourth-order valence-electron chi connectivity index (χ4n) is 1.84. The van der Waals surface area contributed by atoms with Gasteiger partial charge >= 0.3 is 0 Å². The van der Waals surface area contributed by atoms with Crippen molar-refractivity contribution in [3.63, 3.8) is 0 Å². The number of nitrogens with one attached hydrogen (secondary N) is 1. The van der Waals surface area contributed by atoms with Crippen LogP contribution in [0.25, 0.3) is 10.9 Å². The first-order valence-electron chi connectivity index (χ1n) is 5.86. The van der Waals surface area contributed by atoms with Gasteiger partial charge in [-0.25, -0.2) is 4.98 Å². The van der Waals surface area contributed by atoms with E-state index in [9.17, 15) is 4.79 Å². The average Bonchev–Trinajstić information content (AvgIpc) is 2.51. The molecular formula is C14H9ClN4O. The number of benzene rings is 1. The molecule has 0 saturated carbocycles. The Hall–Kier alpha value is -2.53. The minimum atomic E-state index is -0.340. The van der Waals surface area contributed by atoms with E-state index < -0.39 is 0 Å². The number of aromatic nitrogens is 3. The van der Waals surface area contributed by atoms with Gasteiger partial charge in [0.25, 0.3) is 5.91 Å². The molecule has 98 valence electrons. The molecule has 0 atom stereocenters. The summed E-state index contributed by atoms with van der Waals surface area (Å²) in [5.41, 5.74) is 1.46. The monoisotopic (exact) mass is 284 g/mol. The fraction of sp³-hybridized carbons (Fsp3) is 0. The summed E-state index contributed by atoms with van der Waals surface area (Å²) in [6.07, 6.45) is 6.03. The maximum atomic E-state index is 12.1. The minimum Gasteiger partial charge on any atom is -0.319 e. The first kappa shape index (κ1) is 12.5. The Kier molecular flexibility index (Phi) is 3.26. The first-order valence-corrected chi connectivity index (χ1v) is 6.24. The van der Waals surface area contributed by atoms with Gasteiger partial charge in [-0.15, -0.1) is 0 Å². The molecule has 1 N–H and O–H groups in total. The highest BCUT2D eigenvalue weighted by Gasteiger charge is 2.11. The Bertz CT molecular complexity index is 776. The Morgan fingerprint density at radius 2 is 2.00 bits per heavy atom. The van der Waals surface area contributed by atoms with Gasteiger partial charge in [0.05, 0.1) is 22.4 Å². The van der Waals surface area contributed by atoms with Crippen molar-refractivity contribution in [2.45, 2.75) is 0 Å². The van der Waals surface area contributed by atoms with E-state index in [4.69, 9.17) is 11.6 Å². The third-order valence-corrected chi connectivity index (χ3v) is 3.09. The number of anilines is 1. The number of nitrogens with zero attached hydrogens (tertiary/aromatic N) is 3. The zero-order chi connectivity index (χ0) is 13.9. The molecule has 3 rings (SSSR count). The van der Waals surface area contributed by atoms with Crippen molar-refractivity contribution in [3.8, 4) is 0 Å². The molecule has 0 aliphatic carbocycles. The van der Waals surface area contributed by atoms with Crippen LogP contribution in [-0.2, 0) is 0 Å². The molecule has 0 bridgehead atoms. The maximum Gasteiger partial charge on any atom is 0.275 e. The fourth-order valence-corrected chi connectivity index (χ4v) is 2.06. The number of carbonyl (C=O) groups excluding carboxylic acids is 1. The SMILES string of the molecule is O=C(Nc1ccc(Cl)c2cccnc12)c1cnccn1. The van der Waals surface area contributed by atoms with E-state index in [1.54, 1.807) is 24.4 Å². The molecule has 5 nitrogen and oxygen atoms in total. The third kappa shape index (κ3) is 2.31. The van der Waals surface area contributed by atoms with E-state index in [0.717, 1.165) is 5.39 Å². The Labute approximate surface area is 119 Å². The Morgan fingerprint density at radius 3 is 2.80 bits per heavy atom. The molecule has 1 aromatic carbocycles. The normalized spacial score (nSPS) is 10.4. The van der Waals surface area contributed by atoms with Gasteiger partial charge in [0.1, 0.15) is 5.69 Å². The highest BCUT2D eigenvalue weighted by atomic mass is 35.5. The van der Waals surface area contributed by atoms with Gasteiger partial charge in [0.15, 0.2) is 0 Å². The predicted octanol–water partition coefficient (Wildman–Crippen LogP) is 2.93. The molecule has 0 spiro atoms. The topological polar surface area (TPSA) is 67.8 Å². The number of fused-ring (bicyclic) bond motifs is 1. The molecule has 0 fully saturated rings. The van der Waals surface area contributed by atoms with Crippen LogP contribution in [0.3, 0.4) is 0 Å². The lowest BCUT2D eigenvalue weighted by molar-refractivity contribution is 0.102. The summed E-state index contributed by atoms with van der Waals surface area (Å²) in [5, 5.41) is 4.14. The molecular weight excluding hydrogens is 276 g/mol. The Balaban J connectivity index is 2.00. The second-order valence-electron chi connectivity index (χ2n) is 4.04. The van der Waals surface area contributed by atoms with Gasteiger partial charge in [-0.1, -0.05) is 11.6 Å². The van der Waals surface area contributed by atoms with Gasteiger partial charge in [-0.3, -0.25) is 14.8 Å². The van der Waals surface area contributed by atoms with Gasteiger partial charge in [-0.05, 0) is 24.3 Å². The van der Waals surface area contributed by atoms with Crippen LogP contribution in [0.5, 0.6) is 0 Å². The van der Waals surface area contributed by atoms with Crippen LogP contribution in [0.15, 0.2) is 49.1 Å². The Morgan fingerprint density at radius 1 is 1.10 bits per heavy atom. The number of halogens is 1. The van der Waals surface area contributed by atoms with E-state index in [0.29, 0.717) is 16.2 Å². The molecule has 6 heteroatoms. The lowest BCUT2D eigenvalue weighted by Gasteiger charge is -2.08. The lowest BCUT2D eigenvalue weighted by atomic mass is 10.2. The number of pyridine rings is 1. The van der Waals surface area contributed by atoms with Crippen molar-refractivity contribution in [1.29, 1.82) is 0 Å². The van der Waals surface area contributed by atoms with Gasteiger partial charge in [0.2, 0.25) is 0 Å². The van der Waals surface area contributed by atoms with Crippen LogP contribution in [-0.4, -0.2) is 20.9 Å². The molecule has 0 aliphatic rings. The van der Waals surface area contributed by atoms with Crippen LogP contribution < -0.4 is 5.32 Å². The van der Waals surface area contributed by atoms with Crippen molar-refractivity contribution < 1.29 is 4.79 Å². The molecule has 20 heavy (non-hydrogen) atoms. The van der Waals surface area contributed by atoms with E-state index >= 15 is 0 Å². The molecule has 2 aromatic heterocycles. The molecule has 0 aliphatic heterocycles. The molecule has 3 aromatic rings.